The molecule has 0 spiro atoms. The lowest BCUT2D eigenvalue weighted by atomic mass is 9.89. The molecule has 0 aromatic carbocycles. The largest absolute Gasteiger partial charge is 0.289 e. The van der Waals surface area contributed by atoms with E-state index >= 15 is 0 Å². The standard InChI is InChI=1S/C9H11N/c1-2-6-9-8(4-1)5-3-7-10-9/h1-2,4,6-9H,3,5H2/t8?,9-/m1/s1. The molecule has 2 aliphatic rings. The maximum atomic E-state index is 4.39. The topological polar surface area (TPSA) is 12.4 Å². The Hall–Kier alpha value is -0.850. The zero-order chi connectivity index (χ0) is 6.81. The Morgan fingerprint density at radius 1 is 1.20 bits per heavy atom. The van der Waals surface area contributed by atoms with E-state index in [1.807, 2.05) is 6.21 Å². The van der Waals surface area contributed by atoms with E-state index in [1.54, 1.807) is 0 Å². The molecule has 0 bridgehead atoms. The summed E-state index contributed by atoms with van der Waals surface area (Å²) in [7, 11) is 0. The second kappa shape index (κ2) is 2.41. The lowest BCUT2D eigenvalue weighted by Crippen LogP contribution is -2.19. The van der Waals surface area contributed by atoms with Crippen molar-refractivity contribution in [3.05, 3.63) is 24.3 Å². The molecule has 0 aromatic heterocycles. The first-order chi connectivity index (χ1) is 4.97. The molecule has 52 valence electrons. The Morgan fingerprint density at radius 2 is 2.10 bits per heavy atom. The summed E-state index contributed by atoms with van der Waals surface area (Å²) in [6.45, 7) is 0. The summed E-state index contributed by atoms with van der Waals surface area (Å²) in [5.74, 6) is 0.690. The van der Waals surface area contributed by atoms with Gasteiger partial charge in [-0.05, 0) is 19.1 Å². The molecular formula is C9H11N. The Balaban J connectivity index is 2.21. The van der Waals surface area contributed by atoms with E-state index in [0.717, 1.165) is 6.42 Å². The minimum atomic E-state index is 0.457. The molecule has 2 rings (SSSR count). The highest BCUT2D eigenvalue weighted by Crippen LogP contribution is 2.23. The van der Waals surface area contributed by atoms with Crippen molar-refractivity contribution in [2.75, 3.05) is 0 Å². The Bertz CT molecular complexity index is 201. The van der Waals surface area contributed by atoms with Crippen LogP contribution in [0.25, 0.3) is 0 Å². The maximum absolute atomic E-state index is 4.39. The molecule has 0 saturated heterocycles. The molecule has 0 fully saturated rings. The fourth-order valence-electron chi connectivity index (χ4n) is 1.53. The van der Waals surface area contributed by atoms with Crippen LogP contribution in [0.1, 0.15) is 12.8 Å². The quantitative estimate of drug-likeness (QED) is 0.479. The molecule has 1 nitrogen and oxygen atoms in total. The van der Waals surface area contributed by atoms with Crippen LogP contribution in [0.15, 0.2) is 29.3 Å². The number of allylic oxidation sites excluding steroid dienone is 2. The second-order valence-electron chi connectivity index (χ2n) is 2.83. The normalized spacial score (nSPS) is 36.0. The van der Waals surface area contributed by atoms with Crippen molar-refractivity contribution in [2.24, 2.45) is 10.9 Å². The van der Waals surface area contributed by atoms with Crippen LogP contribution < -0.4 is 0 Å². The molecule has 0 radical (unpaired) electrons. The van der Waals surface area contributed by atoms with Crippen LogP contribution in [-0.2, 0) is 0 Å². The molecule has 10 heavy (non-hydrogen) atoms. The van der Waals surface area contributed by atoms with Gasteiger partial charge in [-0.15, -0.1) is 0 Å². The molecule has 0 aromatic rings. The molecule has 0 saturated carbocycles. The lowest BCUT2D eigenvalue weighted by Gasteiger charge is -2.23. The van der Waals surface area contributed by atoms with Crippen LogP contribution in [-0.4, -0.2) is 12.3 Å². The average molecular weight is 133 g/mol. The van der Waals surface area contributed by atoms with Crippen molar-refractivity contribution in [1.29, 1.82) is 0 Å². The summed E-state index contributed by atoms with van der Waals surface area (Å²) in [6.07, 6.45) is 13.1. The molecule has 2 atom stereocenters. The summed E-state index contributed by atoms with van der Waals surface area (Å²) in [4.78, 5) is 4.39. The predicted molar refractivity (Wildman–Crippen MR) is 43.3 cm³/mol. The minimum Gasteiger partial charge on any atom is -0.289 e. The van der Waals surface area contributed by atoms with Gasteiger partial charge in [0.2, 0.25) is 0 Å². The van der Waals surface area contributed by atoms with Gasteiger partial charge in [-0.25, -0.2) is 0 Å². The second-order valence-corrected chi connectivity index (χ2v) is 2.83. The molecule has 1 heteroatoms. The van der Waals surface area contributed by atoms with E-state index in [9.17, 15) is 0 Å². The average Bonchev–Trinajstić information content (AvgIpc) is 2.05. The summed E-state index contributed by atoms with van der Waals surface area (Å²) < 4.78 is 0. The van der Waals surface area contributed by atoms with Gasteiger partial charge >= 0.3 is 0 Å². The van der Waals surface area contributed by atoms with Gasteiger partial charge in [0.1, 0.15) is 0 Å². The fourth-order valence-corrected chi connectivity index (χ4v) is 1.53. The maximum Gasteiger partial charge on any atom is 0.0741 e. The van der Waals surface area contributed by atoms with Crippen molar-refractivity contribution in [3.63, 3.8) is 0 Å². The van der Waals surface area contributed by atoms with Crippen LogP contribution in [0.5, 0.6) is 0 Å². The van der Waals surface area contributed by atoms with Crippen molar-refractivity contribution in [2.45, 2.75) is 18.9 Å². The Morgan fingerprint density at radius 3 is 3.00 bits per heavy atom. The van der Waals surface area contributed by atoms with Gasteiger partial charge in [-0.1, -0.05) is 24.3 Å². The fraction of sp³-hybridized carbons (Fsp3) is 0.444. The van der Waals surface area contributed by atoms with Crippen LogP contribution in [0.3, 0.4) is 0 Å². The van der Waals surface area contributed by atoms with E-state index in [2.05, 4.69) is 29.3 Å². The number of rotatable bonds is 0. The lowest BCUT2D eigenvalue weighted by molar-refractivity contribution is 0.523. The van der Waals surface area contributed by atoms with Gasteiger partial charge in [0, 0.05) is 5.92 Å². The molecule has 0 amide bonds. The van der Waals surface area contributed by atoms with Gasteiger partial charge in [0.15, 0.2) is 0 Å². The zero-order valence-corrected chi connectivity index (χ0v) is 5.90. The molecule has 1 heterocycles. The Kier molecular flexibility index (Phi) is 1.42. The van der Waals surface area contributed by atoms with Gasteiger partial charge in [-0.3, -0.25) is 4.99 Å². The molecule has 1 unspecified atom stereocenters. The third-order valence-electron chi connectivity index (χ3n) is 2.12. The van der Waals surface area contributed by atoms with Crippen molar-refractivity contribution < 1.29 is 0 Å². The first-order valence-electron chi connectivity index (χ1n) is 3.83. The number of fused-ring (bicyclic) bond motifs is 1. The van der Waals surface area contributed by atoms with E-state index in [1.165, 1.54) is 6.42 Å². The van der Waals surface area contributed by atoms with E-state index in [0.29, 0.717) is 12.0 Å². The van der Waals surface area contributed by atoms with E-state index in [-0.39, 0.29) is 0 Å². The van der Waals surface area contributed by atoms with E-state index in [4.69, 9.17) is 0 Å². The SMILES string of the molecule is C1=CC2CCC=N[C@@H]2C=C1. The van der Waals surface area contributed by atoms with Crippen LogP contribution in [0, 0.1) is 5.92 Å². The molecule has 1 aliphatic carbocycles. The summed E-state index contributed by atoms with van der Waals surface area (Å²) in [5.41, 5.74) is 0. The van der Waals surface area contributed by atoms with Gasteiger partial charge in [-0.2, -0.15) is 0 Å². The van der Waals surface area contributed by atoms with Gasteiger partial charge < -0.3 is 0 Å². The summed E-state index contributed by atoms with van der Waals surface area (Å²) >= 11 is 0. The number of hydrogen-bond donors (Lipinski definition) is 0. The van der Waals surface area contributed by atoms with E-state index < -0.39 is 0 Å². The summed E-state index contributed by atoms with van der Waals surface area (Å²) in [5, 5.41) is 0. The van der Waals surface area contributed by atoms with Gasteiger partial charge in [0.05, 0.1) is 6.04 Å². The number of aliphatic imine (C=N–C) groups is 1. The highest BCUT2D eigenvalue weighted by molar-refractivity contribution is 5.59. The molecule has 0 N–H and O–H groups in total. The van der Waals surface area contributed by atoms with Gasteiger partial charge in [0.25, 0.3) is 0 Å². The molecular weight excluding hydrogens is 122 g/mol. The monoisotopic (exact) mass is 133 g/mol. The Labute approximate surface area is 61.2 Å². The highest BCUT2D eigenvalue weighted by atomic mass is 14.8. The predicted octanol–water partition coefficient (Wildman–Crippen LogP) is 1.96. The summed E-state index contributed by atoms with van der Waals surface area (Å²) in [6, 6.07) is 0.457. The number of hydrogen-bond acceptors (Lipinski definition) is 1. The van der Waals surface area contributed by atoms with Crippen molar-refractivity contribution in [3.8, 4) is 0 Å². The zero-order valence-electron chi connectivity index (χ0n) is 5.90. The highest BCUT2D eigenvalue weighted by Gasteiger charge is 2.18. The third-order valence-corrected chi connectivity index (χ3v) is 2.12. The van der Waals surface area contributed by atoms with Crippen molar-refractivity contribution >= 4 is 6.21 Å². The minimum absolute atomic E-state index is 0.457. The van der Waals surface area contributed by atoms with Crippen LogP contribution >= 0.6 is 0 Å². The van der Waals surface area contributed by atoms with Crippen LogP contribution in [0.2, 0.25) is 0 Å². The smallest absolute Gasteiger partial charge is 0.0741 e. The van der Waals surface area contributed by atoms with Crippen LogP contribution in [0.4, 0.5) is 0 Å². The first-order valence-corrected chi connectivity index (χ1v) is 3.83. The third kappa shape index (κ3) is 0.919. The molecule has 1 aliphatic heterocycles. The first kappa shape index (κ1) is 5.90. The number of nitrogens with zero attached hydrogens (tertiary/aromatic N) is 1. The van der Waals surface area contributed by atoms with Crippen molar-refractivity contribution in [1.82, 2.24) is 0 Å².